The number of hydrogen-bond donors (Lipinski definition) is 0. The zero-order valence-electron chi connectivity index (χ0n) is 9.75. The predicted octanol–water partition coefficient (Wildman–Crippen LogP) is 5.11. The second-order valence-corrected chi connectivity index (χ2v) is 6.01. The van der Waals surface area contributed by atoms with E-state index in [0.29, 0.717) is 5.15 Å². The van der Waals surface area contributed by atoms with Crippen molar-refractivity contribution >= 4 is 44.8 Å². The van der Waals surface area contributed by atoms with Gasteiger partial charge in [0.2, 0.25) is 0 Å². The van der Waals surface area contributed by atoms with Crippen molar-refractivity contribution < 1.29 is 4.39 Å². The SMILES string of the molecule is Cc1cc2c(Cl)nc(-c3c(F)cccc3Cl)nc2s1. The van der Waals surface area contributed by atoms with Crippen LogP contribution in [-0.2, 0) is 0 Å². The van der Waals surface area contributed by atoms with Gasteiger partial charge in [-0.1, -0.05) is 29.3 Å². The molecule has 2 heterocycles. The molecule has 0 aliphatic carbocycles. The van der Waals surface area contributed by atoms with Crippen LogP contribution >= 0.6 is 34.5 Å². The van der Waals surface area contributed by atoms with E-state index in [-0.39, 0.29) is 16.4 Å². The Morgan fingerprint density at radius 1 is 1.21 bits per heavy atom. The predicted molar refractivity (Wildman–Crippen MR) is 77.6 cm³/mol. The van der Waals surface area contributed by atoms with E-state index in [2.05, 4.69) is 9.97 Å². The summed E-state index contributed by atoms with van der Waals surface area (Å²) in [4.78, 5) is 10.3. The topological polar surface area (TPSA) is 25.8 Å². The number of hydrogen-bond acceptors (Lipinski definition) is 3. The van der Waals surface area contributed by atoms with E-state index in [1.165, 1.54) is 23.5 Å². The van der Waals surface area contributed by atoms with Crippen LogP contribution in [0.4, 0.5) is 4.39 Å². The van der Waals surface area contributed by atoms with Gasteiger partial charge in [-0.15, -0.1) is 11.3 Å². The standard InChI is InChI=1S/C13H7Cl2FN2S/c1-6-5-7-11(15)17-12(18-13(7)19-6)10-8(14)3-2-4-9(10)16/h2-5H,1H3. The molecule has 6 heteroatoms. The van der Waals surface area contributed by atoms with Crippen molar-refractivity contribution in [2.75, 3.05) is 0 Å². The van der Waals surface area contributed by atoms with E-state index in [1.54, 1.807) is 6.07 Å². The van der Waals surface area contributed by atoms with Crippen molar-refractivity contribution in [1.82, 2.24) is 9.97 Å². The Balaban J connectivity index is 2.31. The van der Waals surface area contributed by atoms with E-state index in [9.17, 15) is 4.39 Å². The van der Waals surface area contributed by atoms with Gasteiger partial charge in [-0.2, -0.15) is 0 Å². The quantitative estimate of drug-likeness (QED) is 0.583. The van der Waals surface area contributed by atoms with Gasteiger partial charge in [-0.25, -0.2) is 14.4 Å². The van der Waals surface area contributed by atoms with E-state index >= 15 is 0 Å². The monoisotopic (exact) mass is 312 g/mol. The third-order valence-corrected chi connectivity index (χ3v) is 4.20. The lowest BCUT2D eigenvalue weighted by molar-refractivity contribution is 0.630. The third kappa shape index (κ3) is 2.20. The molecule has 3 aromatic rings. The molecule has 3 rings (SSSR count). The lowest BCUT2D eigenvalue weighted by atomic mass is 10.2. The number of rotatable bonds is 1. The van der Waals surface area contributed by atoms with Gasteiger partial charge in [0.1, 0.15) is 15.8 Å². The second kappa shape index (κ2) is 4.71. The molecule has 2 nitrogen and oxygen atoms in total. The number of aromatic nitrogens is 2. The van der Waals surface area contributed by atoms with Crippen LogP contribution in [0.1, 0.15) is 4.88 Å². The number of nitrogens with zero attached hydrogens (tertiary/aromatic N) is 2. The summed E-state index contributed by atoms with van der Waals surface area (Å²) in [5.41, 5.74) is 0.180. The molecule has 1 aromatic carbocycles. The molecule has 0 N–H and O–H groups in total. The van der Waals surface area contributed by atoms with Crippen molar-refractivity contribution in [3.63, 3.8) is 0 Å². The van der Waals surface area contributed by atoms with Crippen LogP contribution < -0.4 is 0 Å². The molecule has 0 atom stereocenters. The highest BCUT2D eigenvalue weighted by Crippen LogP contribution is 2.33. The van der Waals surface area contributed by atoms with E-state index in [4.69, 9.17) is 23.2 Å². The Morgan fingerprint density at radius 3 is 2.74 bits per heavy atom. The first-order valence-electron chi connectivity index (χ1n) is 5.44. The Morgan fingerprint density at radius 2 is 2.00 bits per heavy atom. The number of fused-ring (bicyclic) bond motifs is 1. The Bertz CT molecular complexity index is 765. The van der Waals surface area contributed by atoms with E-state index in [0.717, 1.165) is 15.1 Å². The highest BCUT2D eigenvalue weighted by molar-refractivity contribution is 7.18. The third-order valence-electron chi connectivity index (χ3n) is 2.66. The molecule has 0 radical (unpaired) electrons. The molecular weight excluding hydrogens is 306 g/mol. The minimum Gasteiger partial charge on any atom is -0.217 e. The Hall–Kier alpha value is -1.23. The summed E-state index contributed by atoms with van der Waals surface area (Å²) in [5, 5.41) is 1.35. The molecule has 0 unspecified atom stereocenters. The molecule has 0 spiro atoms. The highest BCUT2D eigenvalue weighted by atomic mass is 35.5. The maximum absolute atomic E-state index is 13.9. The summed E-state index contributed by atoms with van der Waals surface area (Å²) in [7, 11) is 0. The van der Waals surface area contributed by atoms with E-state index < -0.39 is 5.82 Å². The van der Waals surface area contributed by atoms with Crippen LogP contribution in [0.25, 0.3) is 21.6 Å². The summed E-state index contributed by atoms with van der Waals surface area (Å²) >= 11 is 13.6. The molecule has 0 aliphatic heterocycles. The maximum atomic E-state index is 13.9. The van der Waals surface area contributed by atoms with Gasteiger partial charge in [-0.05, 0) is 25.1 Å². The van der Waals surface area contributed by atoms with Gasteiger partial charge in [0.05, 0.1) is 10.6 Å². The first-order valence-corrected chi connectivity index (χ1v) is 7.01. The number of aryl methyl sites for hydroxylation is 1. The second-order valence-electron chi connectivity index (χ2n) is 4.01. The number of halogens is 3. The Kier molecular flexibility index (Phi) is 3.17. The van der Waals surface area contributed by atoms with Crippen molar-refractivity contribution in [1.29, 1.82) is 0 Å². The molecule has 96 valence electrons. The summed E-state index contributed by atoms with van der Waals surface area (Å²) in [5.74, 6) is -0.251. The maximum Gasteiger partial charge on any atom is 0.166 e. The molecule has 0 saturated heterocycles. The minimum absolute atomic E-state index is 0.180. The summed E-state index contributed by atoms with van der Waals surface area (Å²) in [6.07, 6.45) is 0. The van der Waals surface area contributed by atoms with Gasteiger partial charge in [0.15, 0.2) is 5.82 Å². The van der Waals surface area contributed by atoms with Crippen molar-refractivity contribution in [2.24, 2.45) is 0 Å². The molecular formula is C13H7Cl2FN2S. The summed E-state index contributed by atoms with van der Waals surface area (Å²) in [6, 6.07) is 6.37. The van der Waals surface area contributed by atoms with Crippen molar-refractivity contribution in [3.8, 4) is 11.4 Å². The average Bonchev–Trinajstić information content (AvgIpc) is 2.70. The summed E-state index contributed by atoms with van der Waals surface area (Å²) < 4.78 is 13.9. The van der Waals surface area contributed by atoms with Crippen LogP contribution in [-0.4, -0.2) is 9.97 Å². The number of thiophene rings is 1. The molecule has 19 heavy (non-hydrogen) atoms. The molecule has 0 amide bonds. The van der Waals surface area contributed by atoms with Gasteiger partial charge in [-0.3, -0.25) is 0 Å². The van der Waals surface area contributed by atoms with Gasteiger partial charge >= 0.3 is 0 Å². The average molecular weight is 313 g/mol. The van der Waals surface area contributed by atoms with Gasteiger partial charge < -0.3 is 0 Å². The zero-order chi connectivity index (χ0) is 13.6. The van der Waals surface area contributed by atoms with Crippen LogP contribution in [0.2, 0.25) is 10.2 Å². The first-order chi connectivity index (χ1) is 9.06. The summed E-state index contributed by atoms with van der Waals surface area (Å²) in [6.45, 7) is 1.96. The van der Waals surface area contributed by atoms with Crippen LogP contribution in [0, 0.1) is 12.7 Å². The van der Waals surface area contributed by atoms with E-state index in [1.807, 2.05) is 13.0 Å². The van der Waals surface area contributed by atoms with Crippen molar-refractivity contribution in [3.05, 3.63) is 45.1 Å². The minimum atomic E-state index is -0.462. The zero-order valence-corrected chi connectivity index (χ0v) is 12.1. The van der Waals surface area contributed by atoms with Gasteiger partial charge in [0.25, 0.3) is 0 Å². The lowest BCUT2D eigenvalue weighted by Gasteiger charge is -2.05. The Labute approximate surface area is 122 Å². The van der Waals surface area contributed by atoms with Crippen LogP contribution in [0.3, 0.4) is 0 Å². The van der Waals surface area contributed by atoms with Crippen LogP contribution in [0.5, 0.6) is 0 Å². The normalized spacial score (nSPS) is 11.2. The van der Waals surface area contributed by atoms with Crippen LogP contribution in [0.15, 0.2) is 24.3 Å². The molecule has 0 fully saturated rings. The molecule has 2 aromatic heterocycles. The molecule has 0 aliphatic rings. The fourth-order valence-electron chi connectivity index (χ4n) is 1.83. The lowest BCUT2D eigenvalue weighted by Crippen LogP contribution is -1.93. The van der Waals surface area contributed by atoms with Crippen molar-refractivity contribution in [2.45, 2.75) is 6.92 Å². The van der Waals surface area contributed by atoms with Gasteiger partial charge in [0, 0.05) is 10.3 Å². The smallest absolute Gasteiger partial charge is 0.166 e. The highest BCUT2D eigenvalue weighted by Gasteiger charge is 2.16. The molecule has 0 saturated carbocycles. The largest absolute Gasteiger partial charge is 0.217 e. The first kappa shape index (κ1) is 12.8. The fraction of sp³-hybridized carbons (Fsp3) is 0.0769. The molecule has 0 bridgehead atoms. The fourth-order valence-corrected chi connectivity index (χ4v) is 3.24. The number of benzene rings is 1.